The van der Waals surface area contributed by atoms with E-state index in [9.17, 15) is 14.0 Å². The van der Waals surface area contributed by atoms with E-state index in [1.165, 1.54) is 17.7 Å². The molecule has 3 aromatic rings. The fourth-order valence-corrected chi connectivity index (χ4v) is 4.83. The number of anilines is 2. The molecule has 2 aliphatic rings. The highest BCUT2D eigenvalue weighted by Gasteiger charge is 2.26. The first-order valence-electron chi connectivity index (χ1n) is 12.7. The molecular formula is C29H31FN4O3. The third kappa shape index (κ3) is 5.98. The Morgan fingerprint density at radius 3 is 2.24 bits per heavy atom. The molecule has 0 atom stereocenters. The second kappa shape index (κ2) is 11.5. The van der Waals surface area contributed by atoms with E-state index in [-0.39, 0.29) is 11.5 Å². The Balaban J connectivity index is 1.35. The number of halogens is 1. The summed E-state index contributed by atoms with van der Waals surface area (Å²) in [6.07, 6.45) is 0. The van der Waals surface area contributed by atoms with Crippen molar-refractivity contribution in [1.29, 1.82) is 0 Å². The van der Waals surface area contributed by atoms with Gasteiger partial charge in [0.25, 0.3) is 11.8 Å². The molecule has 0 aromatic heterocycles. The molecule has 2 amide bonds. The Morgan fingerprint density at radius 1 is 0.811 bits per heavy atom. The predicted octanol–water partition coefficient (Wildman–Crippen LogP) is 3.87. The monoisotopic (exact) mass is 502 g/mol. The minimum atomic E-state index is -0.588. The van der Waals surface area contributed by atoms with Gasteiger partial charge in [0.15, 0.2) is 0 Å². The van der Waals surface area contributed by atoms with Gasteiger partial charge in [0, 0.05) is 57.2 Å². The van der Waals surface area contributed by atoms with Crippen LogP contribution in [-0.2, 0) is 11.3 Å². The number of rotatable bonds is 6. The minimum Gasteiger partial charge on any atom is -0.378 e. The van der Waals surface area contributed by atoms with E-state index in [2.05, 4.69) is 39.4 Å². The highest BCUT2D eigenvalue weighted by molar-refractivity contribution is 6.06. The van der Waals surface area contributed by atoms with Crippen LogP contribution in [0.5, 0.6) is 0 Å². The zero-order chi connectivity index (χ0) is 25.6. The van der Waals surface area contributed by atoms with Gasteiger partial charge in [0.2, 0.25) is 0 Å². The number of nitrogens with zero attached hydrogens (tertiary/aromatic N) is 3. The Labute approximate surface area is 216 Å². The Bertz CT molecular complexity index is 1240. The van der Waals surface area contributed by atoms with Gasteiger partial charge in [-0.1, -0.05) is 42.5 Å². The molecule has 2 saturated heterocycles. The van der Waals surface area contributed by atoms with Gasteiger partial charge >= 0.3 is 0 Å². The molecule has 0 bridgehead atoms. The van der Waals surface area contributed by atoms with Crippen molar-refractivity contribution in [2.75, 3.05) is 62.7 Å². The van der Waals surface area contributed by atoms with Crippen molar-refractivity contribution in [1.82, 2.24) is 9.80 Å². The minimum absolute atomic E-state index is 0.0397. The lowest BCUT2D eigenvalue weighted by Gasteiger charge is -2.37. The van der Waals surface area contributed by atoms with Gasteiger partial charge in [0.1, 0.15) is 5.82 Å². The summed E-state index contributed by atoms with van der Waals surface area (Å²) in [6, 6.07) is 21.6. The van der Waals surface area contributed by atoms with Gasteiger partial charge in [-0.3, -0.25) is 14.5 Å². The number of hydrogen-bond acceptors (Lipinski definition) is 5. The van der Waals surface area contributed by atoms with E-state index in [4.69, 9.17) is 4.74 Å². The Hall–Kier alpha value is -3.75. The van der Waals surface area contributed by atoms with Crippen LogP contribution in [0, 0.1) is 5.82 Å². The predicted molar refractivity (Wildman–Crippen MR) is 141 cm³/mol. The van der Waals surface area contributed by atoms with Crippen molar-refractivity contribution in [2.45, 2.75) is 6.54 Å². The molecule has 8 heteroatoms. The fraction of sp³-hybridized carbons (Fsp3) is 0.310. The molecule has 2 fully saturated rings. The summed E-state index contributed by atoms with van der Waals surface area (Å²) >= 11 is 0. The van der Waals surface area contributed by atoms with Crippen molar-refractivity contribution >= 4 is 23.2 Å². The number of morpholine rings is 1. The summed E-state index contributed by atoms with van der Waals surface area (Å²) in [7, 11) is 0. The van der Waals surface area contributed by atoms with Crippen molar-refractivity contribution < 1.29 is 18.7 Å². The molecule has 2 heterocycles. The molecule has 5 rings (SSSR count). The van der Waals surface area contributed by atoms with E-state index >= 15 is 0 Å². The number of carbonyl (C=O) groups excluding carboxylic acids is 2. The first kappa shape index (κ1) is 24.9. The molecule has 0 unspecified atom stereocenters. The maximum absolute atomic E-state index is 14.1. The van der Waals surface area contributed by atoms with E-state index in [0.29, 0.717) is 37.6 Å². The zero-order valence-corrected chi connectivity index (χ0v) is 20.7. The maximum atomic E-state index is 14.1. The first-order valence-corrected chi connectivity index (χ1v) is 12.7. The van der Waals surface area contributed by atoms with Crippen LogP contribution in [-0.4, -0.2) is 74.1 Å². The molecular weight excluding hydrogens is 471 g/mol. The molecule has 0 saturated carbocycles. The van der Waals surface area contributed by atoms with Gasteiger partial charge < -0.3 is 19.9 Å². The Kier molecular flexibility index (Phi) is 7.77. The molecule has 0 radical (unpaired) electrons. The lowest BCUT2D eigenvalue weighted by atomic mass is 10.1. The number of benzene rings is 3. The molecule has 1 N–H and O–H groups in total. The summed E-state index contributed by atoms with van der Waals surface area (Å²) in [5.41, 5.74) is 3.08. The lowest BCUT2D eigenvalue weighted by molar-refractivity contribution is 0.0303. The number of ether oxygens (including phenoxy) is 1. The van der Waals surface area contributed by atoms with Crippen molar-refractivity contribution in [2.24, 2.45) is 0 Å². The van der Waals surface area contributed by atoms with Crippen LogP contribution >= 0.6 is 0 Å². The highest BCUT2D eigenvalue weighted by atomic mass is 19.1. The van der Waals surface area contributed by atoms with Crippen LogP contribution in [0.25, 0.3) is 0 Å². The number of amides is 2. The lowest BCUT2D eigenvalue weighted by Crippen LogP contribution is -2.47. The summed E-state index contributed by atoms with van der Waals surface area (Å²) in [6.45, 7) is 6.29. The van der Waals surface area contributed by atoms with Crippen LogP contribution in [0.2, 0.25) is 0 Å². The summed E-state index contributed by atoms with van der Waals surface area (Å²) in [4.78, 5) is 32.7. The van der Waals surface area contributed by atoms with E-state index in [0.717, 1.165) is 38.4 Å². The van der Waals surface area contributed by atoms with Crippen LogP contribution in [0.3, 0.4) is 0 Å². The molecule has 0 spiro atoms. The number of hydrogen-bond donors (Lipinski definition) is 1. The van der Waals surface area contributed by atoms with Crippen LogP contribution in [0.1, 0.15) is 26.3 Å². The average molecular weight is 503 g/mol. The van der Waals surface area contributed by atoms with Crippen molar-refractivity contribution in [3.05, 3.63) is 95.3 Å². The van der Waals surface area contributed by atoms with Crippen molar-refractivity contribution in [3.8, 4) is 0 Å². The smallest absolute Gasteiger partial charge is 0.258 e. The standard InChI is InChI=1S/C29H31FN4O3/c30-26-9-5-4-8-24(26)28(35)31-23-10-11-27(25(20-23)29(36)34-16-18-37-19-17-34)33-14-12-32(13-15-33)21-22-6-2-1-3-7-22/h1-11,20H,12-19,21H2,(H,31,35). The summed E-state index contributed by atoms with van der Waals surface area (Å²) in [5.74, 6) is -1.23. The van der Waals surface area contributed by atoms with Gasteiger partial charge in [0.05, 0.1) is 24.3 Å². The molecule has 37 heavy (non-hydrogen) atoms. The quantitative estimate of drug-likeness (QED) is 0.555. The number of carbonyl (C=O) groups is 2. The van der Waals surface area contributed by atoms with Crippen molar-refractivity contribution in [3.63, 3.8) is 0 Å². The zero-order valence-electron chi connectivity index (χ0n) is 20.7. The topological polar surface area (TPSA) is 65.1 Å². The fourth-order valence-electron chi connectivity index (χ4n) is 4.83. The van der Waals surface area contributed by atoms with E-state index < -0.39 is 11.7 Å². The van der Waals surface area contributed by atoms with Gasteiger partial charge in [-0.05, 0) is 35.9 Å². The van der Waals surface area contributed by atoms with Gasteiger partial charge in [-0.15, -0.1) is 0 Å². The third-order valence-corrected chi connectivity index (χ3v) is 6.86. The molecule has 2 aliphatic heterocycles. The maximum Gasteiger partial charge on any atom is 0.258 e. The Morgan fingerprint density at radius 2 is 1.51 bits per heavy atom. The van der Waals surface area contributed by atoms with Gasteiger partial charge in [-0.25, -0.2) is 4.39 Å². The largest absolute Gasteiger partial charge is 0.378 e. The summed E-state index contributed by atoms with van der Waals surface area (Å²) < 4.78 is 19.6. The third-order valence-electron chi connectivity index (χ3n) is 6.86. The first-order chi connectivity index (χ1) is 18.1. The van der Waals surface area contributed by atoms with Crippen LogP contribution in [0.15, 0.2) is 72.8 Å². The van der Waals surface area contributed by atoms with E-state index in [1.807, 2.05) is 12.1 Å². The molecule has 7 nitrogen and oxygen atoms in total. The number of piperazine rings is 1. The molecule has 0 aliphatic carbocycles. The average Bonchev–Trinajstić information content (AvgIpc) is 2.94. The normalized spacial score (nSPS) is 16.5. The van der Waals surface area contributed by atoms with Crippen LogP contribution in [0.4, 0.5) is 15.8 Å². The number of nitrogens with one attached hydrogen (secondary N) is 1. The second-order valence-corrected chi connectivity index (χ2v) is 9.32. The molecule has 3 aromatic carbocycles. The van der Waals surface area contributed by atoms with Gasteiger partial charge in [-0.2, -0.15) is 0 Å². The van der Waals surface area contributed by atoms with E-state index in [1.54, 1.807) is 29.2 Å². The van der Waals surface area contributed by atoms with Crippen LogP contribution < -0.4 is 10.2 Å². The highest BCUT2D eigenvalue weighted by Crippen LogP contribution is 2.28. The second-order valence-electron chi connectivity index (χ2n) is 9.32. The summed E-state index contributed by atoms with van der Waals surface area (Å²) in [5, 5.41) is 2.76. The SMILES string of the molecule is O=C(Nc1ccc(N2CCN(Cc3ccccc3)CC2)c(C(=O)N2CCOCC2)c1)c1ccccc1F. The molecule has 192 valence electrons.